The summed E-state index contributed by atoms with van der Waals surface area (Å²) in [6.07, 6.45) is -1.02. The van der Waals surface area contributed by atoms with Crippen molar-refractivity contribution in [1.29, 1.82) is 0 Å². The van der Waals surface area contributed by atoms with Crippen molar-refractivity contribution < 1.29 is 23.9 Å². The van der Waals surface area contributed by atoms with Crippen molar-refractivity contribution >= 4 is 45.2 Å². The molecule has 0 radical (unpaired) electrons. The molecule has 30 heavy (non-hydrogen) atoms. The Kier molecular flexibility index (Phi) is 8.29. The first kappa shape index (κ1) is 23.3. The van der Waals surface area contributed by atoms with Crippen LogP contribution in [0.2, 0.25) is 0 Å². The van der Waals surface area contributed by atoms with Crippen LogP contribution in [-0.2, 0) is 14.3 Å². The second-order valence-electron chi connectivity index (χ2n) is 6.91. The smallest absolute Gasteiger partial charge is 0.326 e. The highest BCUT2D eigenvalue weighted by molar-refractivity contribution is 9.10. The molecule has 0 fully saturated rings. The van der Waals surface area contributed by atoms with Gasteiger partial charge in [-0.25, -0.2) is 0 Å². The Hall–Kier alpha value is -3.00. The van der Waals surface area contributed by atoms with Crippen molar-refractivity contribution in [2.45, 2.75) is 26.9 Å². The summed E-state index contributed by atoms with van der Waals surface area (Å²) in [5.41, 5.74) is 1.32. The molecule has 0 aromatic heterocycles. The Morgan fingerprint density at radius 1 is 0.900 bits per heavy atom. The summed E-state index contributed by atoms with van der Waals surface area (Å²) in [6, 6.07) is 13.0. The molecule has 0 aliphatic heterocycles. The number of halogens is 1. The van der Waals surface area contributed by atoms with Crippen LogP contribution in [0.15, 0.2) is 53.0 Å². The van der Waals surface area contributed by atoms with E-state index in [1.54, 1.807) is 62.4 Å². The lowest BCUT2D eigenvalue weighted by atomic mass is 10.1. The molecule has 2 amide bonds. The largest absolute Gasteiger partial charge is 0.453 e. The molecule has 0 aliphatic rings. The van der Waals surface area contributed by atoms with Crippen LogP contribution in [0.3, 0.4) is 0 Å². The molecular weight excluding hydrogens is 452 g/mol. The van der Waals surface area contributed by atoms with Gasteiger partial charge < -0.3 is 15.4 Å². The lowest BCUT2D eigenvalue weighted by molar-refractivity contribution is -0.145. The highest BCUT2D eigenvalue weighted by Gasteiger charge is 2.20. The number of rotatable bonds is 8. The molecule has 0 saturated carbocycles. The van der Waals surface area contributed by atoms with E-state index < -0.39 is 18.0 Å². The van der Waals surface area contributed by atoms with E-state index in [1.165, 1.54) is 6.92 Å². The zero-order chi connectivity index (χ0) is 22.3. The minimum atomic E-state index is -1.02. The van der Waals surface area contributed by atoms with E-state index in [-0.39, 0.29) is 24.2 Å². The third kappa shape index (κ3) is 6.81. The van der Waals surface area contributed by atoms with Crippen LogP contribution in [0.5, 0.6) is 0 Å². The van der Waals surface area contributed by atoms with Crippen LogP contribution < -0.4 is 10.6 Å². The van der Waals surface area contributed by atoms with Gasteiger partial charge in [0.2, 0.25) is 11.7 Å². The molecule has 7 nitrogen and oxygen atoms in total. The van der Waals surface area contributed by atoms with Crippen LogP contribution in [0.1, 0.15) is 41.5 Å². The Labute approximate surface area is 183 Å². The van der Waals surface area contributed by atoms with Crippen LogP contribution in [-0.4, -0.2) is 36.2 Å². The first-order valence-corrected chi connectivity index (χ1v) is 10.1. The summed E-state index contributed by atoms with van der Waals surface area (Å²) in [4.78, 5) is 48.2. The number of amides is 2. The van der Waals surface area contributed by atoms with Crippen LogP contribution in [0.4, 0.5) is 5.69 Å². The van der Waals surface area contributed by atoms with Gasteiger partial charge >= 0.3 is 5.97 Å². The summed E-state index contributed by atoms with van der Waals surface area (Å²) < 4.78 is 5.95. The number of esters is 1. The fourth-order valence-corrected chi connectivity index (χ4v) is 2.65. The number of hydrogen-bond donors (Lipinski definition) is 2. The van der Waals surface area contributed by atoms with Gasteiger partial charge in [0.15, 0.2) is 6.10 Å². The molecule has 2 N–H and O–H groups in total. The summed E-state index contributed by atoms with van der Waals surface area (Å²) in [5, 5.41) is 5.19. The van der Waals surface area contributed by atoms with E-state index in [4.69, 9.17) is 4.74 Å². The zero-order valence-electron chi connectivity index (χ0n) is 16.9. The summed E-state index contributed by atoms with van der Waals surface area (Å²) in [5.74, 6) is -1.81. The number of ketones is 1. The number of anilines is 1. The van der Waals surface area contributed by atoms with Gasteiger partial charge in [0.1, 0.15) is 6.54 Å². The van der Waals surface area contributed by atoms with E-state index in [2.05, 4.69) is 26.6 Å². The molecule has 1 atom stereocenters. The van der Waals surface area contributed by atoms with Gasteiger partial charge in [0.05, 0.1) is 0 Å². The van der Waals surface area contributed by atoms with Gasteiger partial charge in [-0.1, -0.05) is 29.8 Å². The highest BCUT2D eigenvalue weighted by Crippen LogP contribution is 2.14. The molecule has 0 saturated heterocycles. The molecule has 0 heterocycles. The number of carbonyl (C=O) groups is 4. The number of Topliss-reactive ketones (excluding diaryl/α,β-unsaturated/α-hetero) is 1. The number of nitrogens with one attached hydrogen (secondary N) is 2. The number of ether oxygens (including phenoxy) is 1. The minimum absolute atomic E-state index is 0.124. The van der Waals surface area contributed by atoms with Gasteiger partial charge in [0, 0.05) is 27.2 Å². The Morgan fingerprint density at radius 3 is 2.03 bits per heavy atom. The molecule has 2 aromatic rings. The average molecular weight is 475 g/mol. The van der Waals surface area contributed by atoms with Gasteiger partial charge in [-0.05, 0) is 55.5 Å². The fraction of sp³-hybridized carbons (Fsp3) is 0.273. The van der Waals surface area contributed by atoms with E-state index in [0.717, 1.165) is 4.47 Å². The molecular formula is C22H23BrN2O5. The summed E-state index contributed by atoms with van der Waals surface area (Å²) in [7, 11) is 0. The monoisotopic (exact) mass is 474 g/mol. The van der Waals surface area contributed by atoms with Gasteiger partial charge in [-0.15, -0.1) is 0 Å². The molecule has 8 heteroatoms. The van der Waals surface area contributed by atoms with Crippen molar-refractivity contribution in [3.8, 4) is 0 Å². The maximum absolute atomic E-state index is 12.5. The summed E-state index contributed by atoms with van der Waals surface area (Å²) >= 11 is 3.28. The van der Waals surface area contributed by atoms with Crippen molar-refractivity contribution in [2.75, 3.05) is 11.9 Å². The van der Waals surface area contributed by atoms with Crippen molar-refractivity contribution in [2.24, 2.45) is 5.92 Å². The van der Waals surface area contributed by atoms with Gasteiger partial charge in [-0.3, -0.25) is 19.2 Å². The predicted molar refractivity (Wildman–Crippen MR) is 116 cm³/mol. The second-order valence-corrected chi connectivity index (χ2v) is 7.82. The fourth-order valence-electron chi connectivity index (χ4n) is 2.39. The van der Waals surface area contributed by atoms with E-state index >= 15 is 0 Å². The van der Waals surface area contributed by atoms with Crippen molar-refractivity contribution in [3.05, 3.63) is 64.1 Å². The minimum Gasteiger partial charge on any atom is -0.453 e. The normalized spacial score (nSPS) is 11.5. The molecule has 2 aromatic carbocycles. The van der Waals surface area contributed by atoms with Crippen LogP contribution >= 0.6 is 15.9 Å². The Bertz CT molecular complexity index is 924. The molecule has 1 unspecified atom stereocenters. The van der Waals surface area contributed by atoms with E-state index in [9.17, 15) is 19.2 Å². The quantitative estimate of drug-likeness (QED) is 0.449. The average Bonchev–Trinajstić information content (AvgIpc) is 2.72. The number of benzene rings is 2. The number of carbonyl (C=O) groups excluding carboxylic acids is 4. The SMILES string of the molecule is CC(C)C(=O)Nc1ccc(C(=O)C(C)OC(=O)CNC(=O)c2ccc(Br)cc2)cc1. The Balaban J connectivity index is 1.85. The standard InChI is InChI=1S/C22H23BrN2O5/c1-13(2)21(28)25-18-10-6-15(7-11-18)20(27)14(3)30-19(26)12-24-22(29)16-4-8-17(23)9-5-16/h4-11,13-14H,12H2,1-3H3,(H,24,29)(H,25,28). The van der Waals surface area contributed by atoms with Crippen LogP contribution in [0, 0.1) is 5.92 Å². The third-order valence-electron chi connectivity index (χ3n) is 4.14. The lowest BCUT2D eigenvalue weighted by Crippen LogP contribution is -2.34. The van der Waals surface area contributed by atoms with Crippen molar-refractivity contribution in [3.63, 3.8) is 0 Å². The first-order chi connectivity index (χ1) is 14.2. The Morgan fingerprint density at radius 2 is 1.47 bits per heavy atom. The maximum Gasteiger partial charge on any atom is 0.326 e. The molecule has 0 bridgehead atoms. The lowest BCUT2D eigenvalue weighted by Gasteiger charge is -2.13. The number of hydrogen-bond acceptors (Lipinski definition) is 5. The molecule has 158 valence electrons. The summed E-state index contributed by atoms with van der Waals surface area (Å²) in [6.45, 7) is 4.67. The van der Waals surface area contributed by atoms with E-state index in [1.807, 2.05) is 0 Å². The molecule has 0 aliphatic carbocycles. The maximum atomic E-state index is 12.5. The van der Waals surface area contributed by atoms with Crippen LogP contribution in [0.25, 0.3) is 0 Å². The van der Waals surface area contributed by atoms with Gasteiger partial charge in [-0.2, -0.15) is 0 Å². The molecule has 2 rings (SSSR count). The molecule has 0 spiro atoms. The predicted octanol–water partition coefficient (Wildman–Crippen LogP) is 3.59. The topological polar surface area (TPSA) is 102 Å². The van der Waals surface area contributed by atoms with Gasteiger partial charge in [0.25, 0.3) is 5.91 Å². The second kappa shape index (κ2) is 10.7. The zero-order valence-corrected chi connectivity index (χ0v) is 18.5. The third-order valence-corrected chi connectivity index (χ3v) is 4.67. The first-order valence-electron chi connectivity index (χ1n) is 9.35. The van der Waals surface area contributed by atoms with Crippen molar-refractivity contribution in [1.82, 2.24) is 5.32 Å². The highest BCUT2D eigenvalue weighted by atomic mass is 79.9. The van der Waals surface area contributed by atoms with E-state index in [0.29, 0.717) is 16.8 Å².